The predicted octanol–water partition coefficient (Wildman–Crippen LogP) is 0.414. The van der Waals surface area contributed by atoms with Crippen LogP contribution in [-0.2, 0) is 0 Å². The molecule has 70 valence electrons. The molecule has 0 atom stereocenters. The van der Waals surface area contributed by atoms with E-state index in [1.54, 1.807) is 18.5 Å². The molecule has 2 rings (SSSR count). The molecule has 2 aromatic heterocycles. The lowest BCUT2D eigenvalue weighted by molar-refractivity contribution is 1.19. The Morgan fingerprint density at radius 3 is 2.79 bits per heavy atom. The van der Waals surface area contributed by atoms with Gasteiger partial charge in [-0.1, -0.05) is 0 Å². The average molecular weight is 188 g/mol. The van der Waals surface area contributed by atoms with E-state index in [0.717, 1.165) is 5.56 Å². The lowest BCUT2D eigenvalue weighted by Gasteiger charge is -1.99. The van der Waals surface area contributed by atoms with Crippen LogP contribution in [0.4, 0.5) is 5.82 Å². The average Bonchev–Trinajstić information content (AvgIpc) is 2.19. The fraction of sp³-hybridized carbons (Fsp3) is 0. The van der Waals surface area contributed by atoms with E-state index in [1.807, 2.05) is 0 Å². The lowest BCUT2D eigenvalue weighted by Crippen LogP contribution is -2.02. The number of rotatable bonds is 1. The molecular formula is C9H8N4O. The van der Waals surface area contributed by atoms with Crippen LogP contribution in [0.1, 0.15) is 0 Å². The number of hydrogen-bond donors (Lipinski definition) is 2. The van der Waals surface area contributed by atoms with Crippen LogP contribution in [0.3, 0.4) is 0 Å². The van der Waals surface area contributed by atoms with Crippen molar-refractivity contribution in [1.82, 2.24) is 15.0 Å². The highest BCUT2D eigenvalue weighted by Crippen LogP contribution is 2.13. The first kappa shape index (κ1) is 8.43. The van der Waals surface area contributed by atoms with Gasteiger partial charge < -0.3 is 10.7 Å². The summed E-state index contributed by atoms with van der Waals surface area (Å²) in [5.41, 5.74) is 6.75. The minimum absolute atomic E-state index is 0.148. The van der Waals surface area contributed by atoms with Crippen molar-refractivity contribution >= 4 is 5.82 Å². The Kier molecular flexibility index (Phi) is 1.98. The summed E-state index contributed by atoms with van der Waals surface area (Å²) in [6, 6.07) is 3.10. The molecule has 0 aliphatic heterocycles. The third kappa shape index (κ3) is 1.61. The number of anilines is 1. The van der Waals surface area contributed by atoms with Gasteiger partial charge in [-0.05, 0) is 6.07 Å². The molecule has 0 saturated carbocycles. The molecule has 0 amide bonds. The van der Waals surface area contributed by atoms with Crippen LogP contribution in [0.15, 0.2) is 35.5 Å². The van der Waals surface area contributed by atoms with E-state index in [1.165, 1.54) is 12.3 Å². The Balaban J connectivity index is 2.49. The highest BCUT2D eigenvalue weighted by atomic mass is 16.1. The molecule has 3 N–H and O–H groups in total. The van der Waals surface area contributed by atoms with Gasteiger partial charge >= 0.3 is 0 Å². The van der Waals surface area contributed by atoms with Gasteiger partial charge in [0, 0.05) is 17.8 Å². The van der Waals surface area contributed by atoms with Crippen LogP contribution in [0, 0.1) is 0 Å². The SMILES string of the molecule is Nc1cncc(-c2ccc(=O)[nH]c2)n1. The van der Waals surface area contributed by atoms with Crippen LogP contribution in [0.5, 0.6) is 0 Å². The Morgan fingerprint density at radius 1 is 1.29 bits per heavy atom. The summed E-state index contributed by atoms with van der Waals surface area (Å²) in [7, 11) is 0. The van der Waals surface area contributed by atoms with E-state index in [2.05, 4.69) is 15.0 Å². The molecule has 14 heavy (non-hydrogen) atoms. The molecule has 0 aliphatic rings. The van der Waals surface area contributed by atoms with Gasteiger partial charge in [-0.3, -0.25) is 9.78 Å². The first-order chi connectivity index (χ1) is 6.75. The number of aromatic nitrogens is 3. The minimum atomic E-state index is -0.148. The van der Waals surface area contributed by atoms with Crippen molar-refractivity contribution < 1.29 is 0 Å². The van der Waals surface area contributed by atoms with Crippen LogP contribution >= 0.6 is 0 Å². The van der Waals surface area contributed by atoms with Crippen LogP contribution < -0.4 is 11.3 Å². The van der Waals surface area contributed by atoms with E-state index in [9.17, 15) is 4.79 Å². The number of aromatic amines is 1. The molecule has 2 heterocycles. The van der Waals surface area contributed by atoms with Crippen LogP contribution in [-0.4, -0.2) is 15.0 Å². The highest BCUT2D eigenvalue weighted by molar-refractivity contribution is 5.57. The number of nitrogens with one attached hydrogen (secondary N) is 1. The van der Waals surface area contributed by atoms with E-state index in [0.29, 0.717) is 11.5 Å². The summed E-state index contributed by atoms with van der Waals surface area (Å²) in [6.45, 7) is 0. The fourth-order valence-electron chi connectivity index (χ4n) is 1.09. The van der Waals surface area contributed by atoms with Gasteiger partial charge in [0.15, 0.2) is 0 Å². The van der Waals surface area contributed by atoms with Crippen LogP contribution in [0.25, 0.3) is 11.3 Å². The smallest absolute Gasteiger partial charge is 0.247 e. The quantitative estimate of drug-likeness (QED) is 0.679. The summed E-state index contributed by atoms with van der Waals surface area (Å²) < 4.78 is 0. The maximum Gasteiger partial charge on any atom is 0.247 e. The minimum Gasteiger partial charge on any atom is -0.382 e. The summed E-state index contributed by atoms with van der Waals surface area (Å²) in [4.78, 5) is 21.3. The molecule has 5 heteroatoms. The number of pyridine rings is 1. The third-order valence-corrected chi connectivity index (χ3v) is 1.73. The van der Waals surface area contributed by atoms with Crippen LogP contribution in [0.2, 0.25) is 0 Å². The van der Waals surface area contributed by atoms with Crippen molar-refractivity contribution in [2.24, 2.45) is 0 Å². The topological polar surface area (TPSA) is 84.7 Å². The summed E-state index contributed by atoms with van der Waals surface area (Å²) in [6.07, 6.45) is 4.63. The number of nitrogen functional groups attached to an aromatic ring is 1. The zero-order valence-corrected chi connectivity index (χ0v) is 7.27. The third-order valence-electron chi connectivity index (χ3n) is 1.73. The number of H-pyrrole nitrogens is 1. The maximum absolute atomic E-state index is 10.8. The molecule has 2 aromatic rings. The molecule has 0 radical (unpaired) electrons. The van der Waals surface area contributed by atoms with Crippen molar-refractivity contribution in [2.75, 3.05) is 5.73 Å². The van der Waals surface area contributed by atoms with Gasteiger partial charge in [-0.2, -0.15) is 0 Å². The summed E-state index contributed by atoms with van der Waals surface area (Å²) in [5.74, 6) is 0.355. The Hall–Kier alpha value is -2.17. The zero-order chi connectivity index (χ0) is 9.97. The van der Waals surface area contributed by atoms with Gasteiger partial charge in [0.1, 0.15) is 5.82 Å². The van der Waals surface area contributed by atoms with Gasteiger partial charge in [-0.15, -0.1) is 0 Å². The first-order valence-electron chi connectivity index (χ1n) is 4.02. The summed E-state index contributed by atoms with van der Waals surface area (Å²) in [5, 5.41) is 0. The normalized spacial score (nSPS) is 10.0. The first-order valence-corrected chi connectivity index (χ1v) is 4.02. The van der Waals surface area contributed by atoms with Crippen molar-refractivity contribution in [3.05, 3.63) is 41.1 Å². The van der Waals surface area contributed by atoms with Gasteiger partial charge in [0.05, 0.1) is 18.1 Å². The second-order valence-corrected chi connectivity index (χ2v) is 2.77. The second-order valence-electron chi connectivity index (χ2n) is 2.77. The van der Waals surface area contributed by atoms with Gasteiger partial charge in [0.25, 0.3) is 0 Å². The molecule has 0 aromatic carbocycles. The molecule has 0 bridgehead atoms. The number of nitrogens with two attached hydrogens (primary N) is 1. The van der Waals surface area contributed by atoms with Crippen molar-refractivity contribution in [1.29, 1.82) is 0 Å². The monoisotopic (exact) mass is 188 g/mol. The van der Waals surface area contributed by atoms with Gasteiger partial charge in [-0.25, -0.2) is 4.98 Å². The maximum atomic E-state index is 10.8. The van der Waals surface area contributed by atoms with E-state index in [-0.39, 0.29) is 5.56 Å². The summed E-state index contributed by atoms with van der Waals surface area (Å²) >= 11 is 0. The van der Waals surface area contributed by atoms with Crippen molar-refractivity contribution in [3.8, 4) is 11.3 Å². The molecule has 0 unspecified atom stereocenters. The number of nitrogens with zero attached hydrogens (tertiary/aromatic N) is 2. The molecule has 0 fully saturated rings. The van der Waals surface area contributed by atoms with E-state index < -0.39 is 0 Å². The van der Waals surface area contributed by atoms with Gasteiger partial charge in [0.2, 0.25) is 5.56 Å². The Labute approximate surface area is 79.6 Å². The van der Waals surface area contributed by atoms with E-state index in [4.69, 9.17) is 5.73 Å². The molecule has 0 aliphatic carbocycles. The van der Waals surface area contributed by atoms with E-state index >= 15 is 0 Å². The second kappa shape index (κ2) is 3.29. The molecule has 5 nitrogen and oxygen atoms in total. The van der Waals surface area contributed by atoms with Crippen molar-refractivity contribution in [2.45, 2.75) is 0 Å². The molecule has 0 saturated heterocycles. The zero-order valence-electron chi connectivity index (χ0n) is 7.27. The lowest BCUT2D eigenvalue weighted by atomic mass is 10.2. The molecule has 0 spiro atoms. The van der Waals surface area contributed by atoms with Crippen molar-refractivity contribution in [3.63, 3.8) is 0 Å². The largest absolute Gasteiger partial charge is 0.382 e. The number of hydrogen-bond acceptors (Lipinski definition) is 4. The predicted molar refractivity (Wildman–Crippen MR) is 52.5 cm³/mol. The Morgan fingerprint density at radius 2 is 2.14 bits per heavy atom. The standard InChI is InChI=1S/C9H8N4O/c10-8-5-11-4-7(13-8)6-1-2-9(14)12-3-6/h1-5H,(H2,10,13)(H,12,14). The highest BCUT2D eigenvalue weighted by Gasteiger charge is 1.99. The molecular weight excluding hydrogens is 180 g/mol. The Bertz CT molecular complexity index is 486. The fourth-order valence-corrected chi connectivity index (χ4v) is 1.09.